The van der Waals surface area contributed by atoms with E-state index < -0.39 is 11.4 Å². The fraction of sp³-hybridized carbons (Fsp3) is 0.333. The van der Waals surface area contributed by atoms with Gasteiger partial charge >= 0.3 is 6.09 Å². The van der Waals surface area contributed by atoms with Crippen LogP contribution in [0.3, 0.4) is 0 Å². The van der Waals surface area contributed by atoms with Crippen molar-refractivity contribution in [2.24, 2.45) is 0 Å². The summed E-state index contributed by atoms with van der Waals surface area (Å²) >= 11 is 7.91. The highest BCUT2D eigenvalue weighted by Crippen LogP contribution is 2.40. The van der Waals surface area contributed by atoms with Gasteiger partial charge in [-0.1, -0.05) is 11.6 Å². The molecule has 1 aromatic carbocycles. The number of hydrogen-bond acceptors (Lipinski definition) is 6. The Balaban J connectivity index is 1.69. The van der Waals surface area contributed by atoms with Crippen molar-refractivity contribution >= 4 is 51.0 Å². The first-order valence-electron chi connectivity index (χ1n) is 9.75. The Morgan fingerprint density at radius 2 is 2.10 bits per heavy atom. The van der Waals surface area contributed by atoms with Crippen molar-refractivity contribution in [3.05, 3.63) is 39.8 Å². The molecule has 1 aliphatic heterocycles. The number of rotatable bonds is 1. The third kappa shape index (κ3) is 3.41. The van der Waals surface area contributed by atoms with Crippen LogP contribution in [0, 0.1) is 5.82 Å². The number of carbonyl (C=O) groups excluding carboxylic acids is 1. The van der Waals surface area contributed by atoms with Gasteiger partial charge in [0, 0.05) is 29.4 Å². The van der Waals surface area contributed by atoms with Crippen LogP contribution < -0.4 is 0 Å². The van der Waals surface area contributed by atoms with Gasteiger partial charge in [-0.15, -0.1) is 11.3 Å². The number of carbonyl (C=O) groups is 1. The van der Waals surface area contributed by atoms with Gasteiger partial charge in [0.1, 0.15) is 22.5 Å². The van der Waals surface area contributed by atoms with Crippen LogP contribution in [-0.4, -0.2) is 42.7 Å². The lowest BCUT2D eigenvalue weighted by Gasteiger charge is -2.30. The minimum absolute atomic E-state index is 0.220. The molecule has 10 heteroatoms. The summed E-state index contributed by atoms with van der Waals surface area (Å²) < 4.78 is 22.3. The summed E-state index contributed by atoms with van der Waals surface area (Å²) in [7, 11) is 0. The number of fused-ring (bicyclic) bond motifs is 5. The minimum atomic E-state index is -0.578. The van der Waals surface area contributed by atoms with Gasteiger partial charge in [0.25, 0.3) is 0 Å². The first-order chi connectivity index (χ1) is 14.7. The molecule has 0 saturated carbocycles. The molecule has 7 nitrogen and oxygen atoms in total. The van der Waals surface area contributed by atoms with E-state index in [0.717, 1.165) is 5.52 Å². The second kappa shape index (κ2) is 7.13. The molecule has 4 aromatic rings. The highest BCUT2D eigenvalue weighted by molar-refractivity contribution is 7.07. The Labute approximate surface area is 186 Å². The molecule has 0 saturated heterocycles. The number of aromatic nitrogens is 4. The van der Waals surface area contributed by atoms with Crippen LogP contribution in [0.4, 0.5) is 9.18 Å². The lowest BCUT2D eigenvalue weighted by Crippen LogP contribution is -2.41. The summed E-state index contributed by atoms with van der Waals surface area (Å²) in [6.45, 7) is 6.74. The zero-order chi connectivity index (χ0) is 21.9. The van der Waals surface area contributed by atoms with Crippen molar-refractivity contribution in [3.8, 4) is 11.3 Å². The molecule has 160 valence electrons. The second-order valence-corrected chi connectivity index (χ2v) is 9.51. The number of halogens is 2. The molecule has 4 heterocycles. The number of pyridine rings is 1. The van der Waals surface area contributed by atoms with Crippen LogP contribution in [0.2, 0.25) is 5.02 Å². The highest BCUT2D eigenvalue weighted by Gasteiger charge is 2.29. The predicted molar refractivity (Wildman–Crippen MR) is 118 cm³/mol. The second-order valence-electron chi connectivity index (χ2n) is 8.39. The van der Waals surface area contributed by atoms with E-state index in [9.17, 15) is 9.18 Å². The van der Waals surface area contributed by atoms with Crippen molar-refractivity contribution in [1.29, 1.82) is 0 Å². The van der Waals surface area contributed by atoms with E-state index in [1.807, 2.05) is 30.7 Å². The minimum Gasteiger partial charge on any atom is -0.444 e. The number of benzene rings is 1. The lowest BCUT2D eigenvalue weighted by molar-refractivity contribution is 0.0197. The molecular formula is C21H19ClFN5O2S. The Morgan fingerprint density at radius 1 is 1.29 bits per heavy atom. The molecule has 0 radical (unpaired) electrons. The van der Waals surface area contributed by atoms with Crippen molar-refractivity contribution < 1.29 is 13.9 Å². The van der Waals surface area contributed by atoms with E-state index in [-0.39, 0.29) is 16.6 Å². The third-order valence-electron chi connectivity index (χ3n) is 5.10. The molecule has 1 aliphatic rings. The number of thiazole rings is 1. The van der Waals surface area contributed by atoms with Crippen molar-refractivity contribution in [1.82, 2.24) is 24.4 Å². The van der Waals surface area contributed by atoms with E-state index >= 15 is 0 Å². The van der Waals surface area contributed by atoms with Crippen LogP contribution in [0.1, 0.15) is 26.6 Å². The summed E-state index contributed by atoms with van der Waals surface area (Å²) in [5.41, 5.74) is 4.01. The van der Waals surface area contributed by atoms with Crippen LogP contribution in [0.5, 0.6) is 0 Å². The topological polar surface area (TPSA) is 73.1 Å². The van der Waals surface area contributed by atoms with E-state index in [4.69, 9.17) is 16.3 Å². The first kappa shape index (κ1) is 20.1. The van der Waals surface area contributed by atoms with E-state index in [1.165, 1.54) is 17.4 Å². The molecule has 0 fully saturated rings. The fourth-order valence-corrected chi connectivity index (χ4v) is 4.69. The molecule has 0 unspecified atom stereocenters. The smallest absolute Gasteiger partial charge is 0.410 e. The molecule has 3 aromatic heterocycles. The Morgan fingerprint density at radius 3 is 2.81 bits per heavy atom. The number of nitrogens with zero attached hydrogens (tertiary/aromatic N) is 5. The largest absolute Gasteiger partial charge is 0.444 e. The number of ether oxygens (including phenoxy) is 1. The zero-order valence-corrected chi connectivity index (χ0v) is 18.7. The summed E-state index contributed by atoms with van der Waals surface area (Å²) in [5, 5.41) is 2.72. The van der Waals surface area contributed by atoms with E-state index in [1.54, 1.807) is 16.6 Å². The van der Waals surface area contributed by atoms with Crippen LogP contribution in [0.15, 0.2) is 23.2 Å². The van der Waals surface area contributed by atoms with Gasteiger partial charge in [0.2, 0.25) is 0 Å². The van der Waals surface area contributed by atoms with Crippen molar-refractivity contribution in [2.45, 2.75) is 39.5 Å². The predicted octanol–water partition coefficient (Wildman–Crippen LogP) is 5.25. The number of amides is 1. The summed E-state index contributed by atoms with van der Waals surface area (Å²) in [4.78, 5) is 27.5. The van der Waals surface area contributed by atoms with Gasteiger partial charge in [0.15, 0.2) is 5.82 Å². The molecule has 0 bridgehead atoms. The van der Waals surface area contributed by atoms with E-state index in [0.29, 0.717) is 47.6 Å². The molecule has 0 atom stereocenters. The number of hydrogen-bond donors (Lipinski definition) is 0. The molecule has 0 aliphatic carbocycles. The quantitative estimate of drug-likeness (QED) is 0.388. The monoisotopic (exact) mass is 459 g/mol. The zero-order valence-electron chi connectivity index (χ0n) is 17.1. The first-order valence-corrected chi connectivity index (χ1v) is 11.1. The van der Waals surface area contributed by atoms with Crippen LogP contribution >= 0.6 is 22.9 Å². The van der Waals surface area contributed by atoms with E-state index in [2.05, 4.69) is 15.0 Å². The molecular weight excluding hydrogens is 441 g/mol. The molecule has 0 N–H and O–H groups in total. The summed E-state index contributed by atoms with van der Waals surface area (Å²) in [6.07, 6.45) is 1.17. The van der Waals surface area contributed by atoms with Gasteiger partial charge in [0.05, 0.1) is 34.5 Å². The average molecular weight is 460 g/mol. The van der Waals surface area contributed by atoms with Crippen LogP contribution in [0.25, 0.3) is 33.2 Å². The molecule has 31 heavy (non-hydrogen) atoms. The Bertz CT molecular complexity index is 1330. The fourth-order valence-electron chi connectivity index (χ4n) is 3.86. The molecule has 1 amide bonds. The number of imidazole rings is 1. The van der Waals surface area contributed by atoms with Crippen LogP contribution in [-0.2, 0) is 17.8 Å². The molecule has 0 spiro atoms. The van der Waals surface area contributed by atoms with Gasteiger partial charge in [-0.3, -0.25) is 9.88 Å². The Kier molecular flexibility index (Phi) is 4.63. The third-order valence-corrected chi connectivity index (χ3v) is 5.98. The summed E-state index contributed by atoms with van der Waals surface area (Å²) in [6, 6.07) is 1.27. The van der Waals surface area contributed by atoms with Gasteiger partial charge < -0.3 is 9.30 Å². The molecule has 5 rings (SSSR count). The Hall–Kier alpha value is -2.78. The maximum Gasteiger partial charge on any atom is 0.410 e. The maximum absolute atomic E-state index is 14.8. The maximum atomic E-state index is 14.8. The van der Waals surface area contributed by atoms with Crippen molar-refractivity contribution in [2.75, 3.05) is 6.54 Å². The average Bonchev–Trinajstić information content (AvgIpc) is 3.33. The van der Waals surface area contributed by atoms with Gasteiger partial charge in [-0.2, -0.15) is 0 Å². The normalized spacial score (nSPS) is 14.3. The standard InChI is InChI=1S/C21H19ClFN5O2S/c1-21(2,3)30-20(29)27-4-5-28-15(8-27)26-13-7-24-18-12(23)6-11(22)16(17(18)19(13)28)14-9-31-10-25-14/h6-7,9-10H,4-5,8H2,1-3H3. The van der Waals surface area contributed by atoms with Crippen molar-refractivity contribution in [3.63, 3.8) is 0 Å². The lowest BCUT2D eigenvalue weighted by atomic mass is 10.0. The van der Waals surface area contributed by atoms with Gasteiger partial charge in [-0.05, 0) is 26.8 Å². The summed E-state index contributed by atoms with van der Waals surface area (Å²) in [5.74, 6) is 0.189. The SMILES string of the molecule is CC(C)(C)OC(=O)N1CCn2c(nc3cnc4c(F)cc(Cl)c(-c5cscn5)c4c32)C1. The highest BCUT2D eigenvalue weighted by atomic mass is 35.5. The van der Waals surface area contributed by atoms with Gasteiger partial charge in [-0.25, -0.2) is 19.2 Å².